The molecule has 0 saturated heterocycles. The number of carbonyl (C=O) groups is 1. The Bertz CT molecular complexity index is 669. The maximum absolute atomic E-state index is 12.6. The summed E-state index contributed by atoms with van der Waals surface area (Å²) in [6, 6.07) is 13.7. The predicted molar refractivity (Wildman–Crippen MR) is 83.4 cm³/mol. The van der Waals surface area contributed by atoms with Crippen LogP contribution in [0.3, 0.4) is 0 Å². The van der Waals surface area contributed by atoms with E-state index < -0.39 is 0 Å². The van der Waals surface area contributed by atoms with Crippen molar-refractivity contribution in [1.29, 1.82) is 0 Å². The number of halogens is 1. The monoisotopic (exact) mass is 330 g/mol. The van der Waals surface area contributed by atoms with Gasteiger partial charge in [0.2, 0.25) is 0 Å². The van der Waals surface area contributed by atoms with Crippen molar-refractivity contribution in [2.75, 3.05) is 12.3 Å². The van der Waals surface area contributed by atoms with E-state index in [1.807, 2.05) is 23.1 Å². The third kappa shape index (κ3) is 2.43. The molecular weight excluding hydrogens is 316 g/mol. The molecule has 0 radical (unpaired) electrons. The Morgan fingerprint density at radius 1 is 1.15 bits per heavy atom. The fourth-order valence-corrected chi connectivity index (χ4v) is 2.95. The number of anilines is 1. The van der Waals surface area contributed by atoms with Crippen molar-refractivity contribution >= 4 is 27.5 Å². The van der Waals surface area contributed by atoms with Gasteiger partial charge in [-0.3, -0.25) is 4.79 Å². The van der Waals surface area contributed by atoms with Gasteiger partial charge in [-0.15, -0.1) is 0 Å². The van der Waals surface area contributed by atoms with Crippen LogP contribution in [0.1, 0.15) is 21.5 Å². The zero-order valence-electron chi connectivity index (χ0n) is 11.0. The molecule has 0 fully saturated rings. The second-order valence-electron chi connectivity index (χ2n) is 4.98. The molecule has 2 aromatic rings. The highest BCUT2D eigenvalue weighted by Crippen LogP contribution is 2.24. The molecule has 102 valence electrons. The molecule has 0 saturated carbocycles. The lowest BCUT2D eigenvalue weighted by Crippen LogP contribution is -2.36. The van der Waals surface area contributed by atoms with Crippen LogP contribution >= 0.6 is 15.9 Å². The average molecular weight is 331 g/mol. The lowest BCUT2D eigenvalue weighted by molar-refractivity contribution is 0.0736. The molecule has 2 N–H and O–H groups in total. The van der Waals surface area contributed by atoms with Crippen molar-refractivity contribution in [3.63, 3.8) is 0 Å². The summed E-state index contributed by atoms with van der Waals surface area (Å²) < 4.78 is 0.885. The third-order valence-electron chi connectivity index (χ3n) is 3.66. The Hall–Kier alpha value is -1.81. The Morgan fingerprint density at radius 2 is 1.90 bits per heavy atom. The first-order valence-corrected chi connectivity index (χ1v) is 7.35. The molecule has 0 bridgehead atoms. The van der Waals surface area contributed by atoms with Crippen LogP contribution in [0.2, 0.25) is 0 Å². The summed E-state index contributed by atoms with van der Waals surface area (Å²) in [5.41, 5.74) is 9.60. The van der Waals surface area contributed by atoms with Gasteiger partial charge < -0.3 is 10.6 Å². The highest BCUT2D eigenvalue weighted by molar-refractivity contribution is 9.10. The highest BCUT2D eigenvalue weighted by atomic mass is 79.9. The van der Waals surface area contributed by atoms with E-state index in [4.69, 9.17) is 5.73 Å². The Morgan fingerprint density at radius 3 is 2.65 bits per heavy atom. The van der Waals surface area contributed by atoms with E-state index in [1.54, 1.807) is 12.1 Å². The quantitative estimate of drug-likeness (QED) is 0.816. The van der Waals surface area contributed by atoms with Gasteiger partial charge in [-0.25, -0.2) is 0 Å². The lowest BCUT2D eigenvalue weighted by atomic mass is 9.99. The van der Waals surface area contributed by atoms with Gasteiger partial charge in [-0.1, -0.05) is 40.2 Å². The van der Waals surface area contributed by atoms with Crippen LogP contribution < -0.4 is 5.73 Å². The fourth-order valence-electron chi connectivity index (χ4n) is 2.57. The first-order chi connectivity index (χ1) is 9.65. The van der Waals surface area contributed by atoms with E-state index in [0.717, 1.165) is 17.4 Å². The zero-order valence-corrected chi connectivity index (χ0v) is 12.6. The minimum atomic E-state index is 0.00417. The maximum Gasteiger partial charge on any atom is 0.256 e. The van der Waals surface area contributed by atoms with Gasteiger partial charge in [0.1, 0.15) is 0 Å². The minimum absolute atomic E-state index is 0.00417. The molecule has 20 heavy (non-hydrogen) atoms. The van der Waals surface area contributed by atoms with Crippen LogP contribution in [-0.2, 0) is 13.0 Å². The van der Waals surface area contributed by atoms with E-state index >= 15 is 0 Å². The number of rotatable bonds is 1. The van der Waals surface area contributed by atoms with Crippen LogP contribution in [0.15, 0.2) is 46.9 Å². The van der Waals surface area contributed by atoms with Gasteiger partial charge in [0.15, 0.2) is 0 Å². The molecule has 0 spiro atoms. The van der Waals surface area contributed by atoms with Crippen molar-refractivity contribution in [2.45, 2.75) is 13.0 Å². The standard InChI is InChI=1S/C16H15BrN2O/c17-13-5-6-14(15(18)9-13)16(20)19-8-7-11-3-1-2-4-12(11)10-19/h1-6,9H,7-8,10,18H2. The number of nitrogen functional groups attached to an aromatic ring is 1. The van der Waals surface area contributed by atoms with Gasteiger partial charge in [-0.05, 0) is 35.7 Å². The molecule has 4 heteroatoms. The molecule has 3 rings (SSSR count). The summed E-state index contributed by atoms with van der Waals surface area (Å²) in [4.78, 5) is 14.4. The third-order valence-corrected chi connectivity index (χ3v) is 4.16. The van der Waals surface area contributed by atoms with Crippen LogP contribution in [0.5, 0.6) is 0 Å². The van der Waals surface area contributed by atoms with Crippen LogP contribution in [0.4, 0.5) is 5.69 Å². The summed E-state index contributed by atoms with van der Waals surface area (Å²) in [7, 11) is 0. The number of carbonyl (C=O) groups excluding carboxylic acids is 1. The molecule has 0 aromatic heterocycles. The van der Waals surface area contributed by atoms with Crippen LogP contribution in [0.25, 0.3) is 0 Å². The van der Waals surface area contributed by atoms with Crippen LogP contribution in [-0.4, -0.2) is 17.4 Å². The van der Waals surface area contributed by atoms with Gasteiger partial charge in [0.05, 0.1) is 5.56 Å². The number of hydrogen-bond acceptors (Lipinski definition) is 2. The van der Waals surface area contributed by atoms with Gasteiger partial charge in [0, 0.05) is 23.2 Å². The molecule has 3 nitrogen and oxygen atoms in total. The largest absolute Gasteiger partial charge is 0.398 e. The van der Waals surface area contributed by atoms with Gasteiger partial charge >= 0.3 is 0 Å². The summed E-state index contributed by atoms with van der Waals surface area (Å²) in [5.74, 6) is 0.00417. The topological polar surface area (TPSA) is 46.3 Å². The molecule has 0 unspecified atom stereocenters. The Kier molecular flexibility index (Phi) is 3.49. The summed E-state index contributed by atoms with van der Waals surface area (Å²) in [6.45, 7) is 1.40. The normalized spacial score (nSPS) is 13.9. The zero-order chi connectivity index (χ0) is 14.1. The van der Waals surface area contributed by atoms with Gasteiger partial charge in [-0.2, -0.15) is 0 Å². The van der Waals surface area contributed by atoms with E-state index in [2.05, 4.69) is 28.1 Å². The van der Waals surface area contributed by atoms with Crippen LogP contribution in [0, 0.1) is 0 Å². The molecular formula is C16H15BrN2O. The first kappa shape index (κ1) is 13.2. The van der Waals surface area contributed by atoms with E-state index in [0.29, 0.717) is 17.8 Å². The molecule has 1 aliphatic rings. The SMILES string of the molecule is Nc1cc(Br)ccc1C(=O)N1CCc2ccccc2C1. The maximum atomic E-state index is 12.6. The van der Waals surface area contributed by atoms with Crippen molar-refractivity contribution in [2.24, 2.45) is 0 Å². The second-order valence-corrected chi connectivity index (χ2v) is 5.89. The summed E-state index contributed by atoms with van der Waals surface area (Å²) in [6.07, 6.45) is 0.901. The van der Waals surface area contributed by atoms with Crippen molar-refractivity contribution in [3.05, 3.63) is 63.6 Å². The molecule has 1 aliphatic heterocycles. The second kappa shape index (κ2) is 5.29. The summed E-state index contributed by atoms with van der Waals surface area (Å²) in [5, 5.41) is 0. The number of amides is 1. The fraction of sp³-hybridized carbons (Fsp3) is 0.188. The van der Waals surface area contributed by atoms with E-state index in [1.165, 1.54) is 11.1 Å². The van der Waals surface area contributed by atoms with Crippen molar-refractivity contribution in [3.8, 4) is 0 Å². The molecule has 1 amide bonds. The molecule has 0 atom stereocenters. The molecule has 1 heterocycles. The smallest absolute Gasteiger partial charge is 0.256 e. The number of benzene rings is 2. The number of fused-ring (bicyclic) bond motifs is 1. The van der Waals surface area contributed by atoms with Crippen molar-refractivity contribution in [1.82, 2.24) is 4.90 Å². The van der Waals surface area contributed by atoms with E-state index in [9.17, 15) is 4.79 Å². The Balaban J connectivity index is 1.86. The minimum Gasteiger partial charge on any atom is -0.398 e. The number of hydrogen-bond donors (Lipinski definition) is 1. The Labute approximate surface area is 126 Å². The molecule has 0 aliphatic carbocycles. The molecule has 2 aromatic carbocycles. The predicted octanol–water partition coefficient (Wildman–Crippen LogP) is 3.23. The highest BCUT2D eigenvalue weighted by Gasteiger charge is 2.22. The van der Waals surface area contributed by atoms with Crippen molar-refractivity contribution < 1.29 is 4.79 Å². The van der Waals surface area contributed by atoms with Gasteiger partial charge in [0.25, 0.3) is 5.91 Å². The van der Waals surface area contributed by atoms with E-state index in [-0.39, 0.29) is 5.91 Å². The summed E-state index contributed by atoms with van der Waals surface area (Å²) >= 11 is 3.36. The average Bonchev–Trinajstić information content (AvgIpc) is 2.46. The number of nitrogens with two attached hydrogens (primary N) is 1. The number of nitrogens with zero attached hydrogens (tertiary/aromatic N) is 1. The first-order valence-electron chi connectivity index (χ1n) is 6.56. The lowest BCUT2D eigenvalue weighted by Gasteiger charge is -2.29.